The fourth-order valence-electron chi connectivity index (χ4n) is 2.44. The predicted molar refractivity (Wildman–Crippen MR) is 116 cm³/mol. The summed E-state index contributed by atoms with van der Waals surface area (Å²) in [6, 6.07) is 12.9. The minimum Gasteiger partial charge on any atom is -0.497 e. The van der Waals surface area contributed by atoms with Gasteiger partial charge >= 0.3 is 0 Å². The SMILES string of the molecule is COc1ccc(N2C(=O)C(=CC(Cl)=Cc3ccc([N+](=O)[O-])cc3)SC2=S)cc1. The lowest BCUT2D eigenvalue weighted by Gasteiger charge is -2.14. The first-order valence-electron chi connectivity index (χ1n) is 7.92. The van der Waals surface area contributed by atoms with Crippen LogP contribution in [0, 0.1) is 10.1 Å². The van der Waals surface area contributed by atoms with Crippen LogP contribution >= 0.6 is 35.6 Å². The minimum absolute atomic E-state index is 0.00589. The van der Waals surface area contributed by atoms with E-state index in [1.165, 1.54) is 23.1 Å². The highest BCUT2D eigenvalue weighted by atomic mass is 35.5. The second-order valence-corrected chi connectivity index (χ2v) is 7.71. The van der Waals surface area contributed by atoms with E-state index in [0.717, 1.165) is 11.8 Å². The van der Waals surface area contributed by atoms with Crippen LogP contribution in [0.1, 0.15) is 5.56 Å². The van der Waals surface area contributed by atoms with Gasteiger partial charge in [-0.25, -0.2) is 0 Å². The van der Waals surface area contributed by atoms with Gasteiger partial charge in [-0.2, -0.15) is 0 Å². The van der Waals surface area contributed by atoms with Crippen LogP contribution in [-0.2, 0) is 4.79 Å². The molecule has 0 unspecified atom stereocenters. The Kier molecular flexibility index (Phi) is 6.13. The number of non-ortho nitro benzene ring substituents is 1. The van der Waals surface area contributed by atoms with Gasteiger partial charge in [0.1, 0.15) is 5.75 Å². The molecule has 2 aromatic rings. The van der Waals surface area contributed by atoms with Gasteiger partial charge in [0, 0.05) is 17.2 Å². The molecule has 1 amide bonds. The second-order valence-electron chi connectivity index (χ2n) is 5.59. The van der Waals surface area contributed by atoms with Crippen LogP contribution < -0.4 is 9.64 Å². The molecule has 1 aliphatic rings. The van der Waals surface area contributed by atoms with Gasteiger partial charge in [-0.15, -0.1) is 0 Å². The van der Waals surface area contributed by atoms with Crippen molar-refractivity contribution in [2.45, 2.75) is 0 Å². The van der Waals surface area contributed by atoms with Crippen LogP contribution in [-0.4, -0.2) is 22.3 Å². The van der Waals surface area contributed by atoms with E-state index >= 15 is 0 Å². The number of ether oxygens (including phenoxy) is 1. The number of anilines is 1. The van der Waals surface area contributed by atoms with Gasteiger partial charge in [0.25, 0.3) is 11.6 Å². The zero-order chi connectivity index (χ0) is 20.3. The topological polar surface area (TPSA) is 72.7 Å². The van der Waals surface area contributed by atoms with Gasteiger partial charge in [0.15, 0.2) is 4.32 Å². The van der Waals surface area contributed by atoms with E-state index in [0.29, 0.717) is 31.3 Å². The molecule has 0 spiro atoms. The van der Waals surface area contributed by atoms with Crippen molar-refractivity contribution in [3.05, 3.63) is 80.2 Å². The van der Waals surface area contributed by atoms with Gasteiger partial charge in [-0.05, 0) is 54.1 Å². The van der Waals surface area contributed by atoms with E-state index in [1.807, 2.05) is 0 Å². The summed E-state index contributed by atoms with van der Waals surface area (Å²) in [6.07, 6.45) is 3.15. The van der Waals surface area contributed by atoms with Crippen molar-refractivity contribution < 1.29 is 14.5 Å². The third-order valence-corrected chi connectivity index (χ3v) is 5.32. The highest BCUT2D eigenvalue weighted by Gasteiger charge is 2.33. The zero-order valence-corrected chi connectivity index (χ0v) is 16.9. The molecule has 142 valence electrons. The first-order valence-corrected chi connectivity index (χ1v) is 9.53. The Hall–Kier alpha value is -2.68. The maximum atomic E-state index is 12.7. The average Bonchev–Trinajstić information content (AvgIpc) is 2.95. The molecule has 0 N–H and O–H groups in total. The van der Waals surface area contributed by atoms with Gasteiger partial charge in [-0.3, -0.25) is 19.8 Å². The second kappa shape index (κ2) is 8.55. The Morgan fingerprint density at radius 2 is 1.86 bits per heavy atom. The van der Waals surface area contributed by atoms with E-state index in [-0.39, 0.29) is 11.6 Å². The van der Waals surface area contributed by atoms with E-state index < -0.39 is 4.92 Å². The highest BCUT2D eigenvalue weighted by molar-refractivity contribution is 8.27. The third-order valence-electron chi connectivity index (χ3n) is 3.80. The van der Waals surface area contributed by atoms with Crippen LogP contribution in [0.2, 0.25) is 0 Å². The number of nitro groups is 1. The van der Waals surface area contributed by atoms with Crippen LogP contribution in [0.5, 0.6) is 5.75 Å². The Bertz CT molecular complexity index is 1000. The molecule has 1 fully saturated rings. The normalized spacial score (nSPS) is 16.0. The summed E-state index contributed by atoms with van der Waals surface area (Å²) in [5.41, 5.74) is 1.31. The van der Waals surface area contributed by atoms with E-state index in [2.05, 4.69) is 0 Å². The van der Waals surface area contributed by atoms with Crippen molar-refractivity contribution in [2.75, 3.05) is 12.0 Å². The molecule has 0 aromatic heterocycles. The first kappa shape index (κ1) is 20.1. The number of thiocarbonyl (C=S) groups is 1. The monoisotopic (exact) mass is 432 g/mol. The molecule has 6 nitrogen and oxygen atoms in total. The van der Waals surface area contributed by atoms with Crippen LogP contribution in [0.4, 0.5) is 11.4 Å². The number of amides is 1. The van der Waals surface area contributed by atoms with Gasteiger partial charge in [0.05, 0.1) is 22.6 Å². The van der Waals surface area contributed by atoms with Crippen LogP contribution in [0.25, 0.3) is 6.08 Å². The fourth-order valence-corrected chi connectivity index (χ4v) is 4.03. The summed E-state index contributed by atoms with van der Waals surface area (Å²) in [7, 11) is 1.57. The number of carbonyl (C=O) groups is 1. The van der Waals surface area contributed by atoms with Crippen molar-refractivity contribution in [1.82, 2.24) is 0 Å². The Balaban J connectivity index is 1.80. The average molecular weight is 433 g/mol. The molecule has 0 bridgehead atoms. The molecule has 28 heavy (non-hydrogen) atoms. The molecular formula is C19H13ClN2O4S2. The van der Waals surface area contributed by atoms with Gasteiger partial charge in [0.2, 0.25) is 0 Å². The Morgan fingerprint density at radius 1 is 1.21 bits per heavy atom. The smallest absolute Gasteiger partial charge is 0.270 e. The highest BCUT2D eigenvalue weighted by Crippen LogP contribution is 2.36. The Morgan fingerprint density at radius 3 is 2.43 bits per heavy atom. The summed E-state index contributed by atoms with van der Waals surface area (Å²) in [5.74, 6) is 0.411. The third kappa shape index (κ3) is 4.41. The molecule has 2 aromatic carbocycles. The summed E-state index contributed by atoms with van der Waals surface area (Å²) < 4.78 is 5.53. The summed E-state index contributed by atoms with van der Waals surface area (Å²) in [6.45, 7) is 0. The molecule has 0 atom stereocenters. The van der Waals surface area contributed by atoms with Gasteiger partial charge < -0.3 is 4.74 Å². The number of carbonyl (C=O) groups excluding carboxylic acids is 1. The summed E-state index contributed by atoms with van der Waals surface area (Å²) in [4.78, 5) is 24.8. The molecule has 0 saturated carbocycles. The van der Waals surface area contributed by atoms with E-state index in [4.69, 9.17) is 28.6 Å². The maximum Gasteiger partial charge on any atom is 0.270 e. The number of nitro benzene ring substituents is 1. The lowest BCUT2D eigenvalue weighted by atomic mass is 10.2. The van der Waals surface area contributed by atoms with E-state index in [1.54, 1.807) is 49.6 Å². The number of nitrogens with zero attached hydrogens (tertiary/aromatic N) is 2. The summed E-state index contributed by atoms with van der Waals surface area (Å²) in [5, 5.41) is 11.0. The Labute approximate surface area is 175 Å². The number of allylic oxidation sites excluding steroid dienone is 2. The van der Waals surface area contributed by atoms with Crippen LogP contribution in [0.15, 0.2) is 64.5 Å². The number of benzene rings is 2. The molecule has 0 aliphatic carbocycles. The molecule has 1 saturated heterocycles. The van der Waals surface area contributed by atoms with Gasteiger partial charge in [-0.1, -0.05) is 35.6 Å². The number of thioether (sulfide) groups is 1. The van der Waals surface area contributed by atoms with Crippen LogP contribution in [0.3, 0.4) is 0 Å². The predicted octanol–water partition coefficient (Wildman–Crippen LogP) is 5.13. The van der Waals surface area contributed by atoms with Crippen molar-refractivity contribution in [3.8, 4) is 5.75 Å². The lowest BCUT2D eigenvalue weighted by Crippen LogP contribution is -2.27. The number of rotatable bonds is 5. The molecule has 9 heteroatoms. The lowest BCUT2D eigenvalue weighted by molar-refractivity contribution is -0.384. The number of methoxy groups -OCH3 is 1. The first-order chi connectivity index (χ1) is 13.4. The maximum absolute atomic E-state index is 12.7. The quantitative estimate of drug-likeness (QED) is 0.282. The molecular weight excluding hydrogens is 420 g/mol. The van der Waals surface area contributed by atoms with Crippen molar-refractivity contribution >= 4 is 63.3 Å². The van der Waals surface area contributed by atoms with Crippen molar-refractivity contribution in [1.29, 1.82) is 0 Å². The minimum atomic E-state index is -0.473. The van der Waals surface area contributed by atoms with Crippen molar-refractivity contribution in [2.24, 2.45) is 0 Å². The van der Waals surface area contributed by atoms with E-state index in [9.17, 15) is 14.9 Å². The molecule has 0 radical (unpaired) electrons. The standard InChI is InChI=1S/C19H13ClN2O4S2/c1-26-16-8-6-14(7-9-16)21-18(23)17(28-19(21)27)11-13(20)10-12-2-4-15(5-3-12)22(24)25/h2-11H,1H3. The fraction of sp³-hybridized carbons (Fsp3) is 0.0526. The number of hydrogen-bond donors (Lipinski definition) is 0. The van der Waals surface area contributed by atoms with Crippen molar-refractivity contribution in [3.63, 3.8) is 0 Å². The molecule has 1 heterocycles. The summed E-state index contributed by atoms with van der Waals surface area (Å²) >= 11 is 12.7. The number of hydrogen-bond acceptors (Lipinski definition) is 6. The number of halogens is 1. The zero-order valence-electron chi connectivity index (χ0n) is 14.5. The largest absolute Gasteiger partial charge is 0.497 e. The molecule has 3 rings (SSSR count). The molecule has 1 aliphatic heterocycles.